The topological polar surface area (TPSA) is 119 Å². The molecule has 2 aromatic carbocycles. The van der Waals surface area contributed by atoms with Crippen molar-refractivity contribution in [2.45, 2.75) is 62.4 Å². The smallest absolute Gasteiger partial charge is 0.280 e. The van der Waals surface area contributed by atoms with Crippen molar-refractivity contribution in [1.29, 1.82) is 0 Å². The van der Waals surface area contributed by atoms with Gasteiger partial charge < -0.3 is 25.2 Å². The number of aromatic nitrogens is 1. The van der Waals surface area contributed by atoms with Crippen molar-refractivity contribution in [3.63, 3.8) is 0 Å². The second-order valence-corrected chi connectivity index (χ2v) is 12.9. The van der Waals surface area contributed by atoms with E-state index in [0.717, 1.165) is 28.6 Å². The molecule has 0 saturated carbocycles. The third-order valence-corrected chi connectivity index (χ3v) is 10.3. The number of aliphatic hydroxyl groups is 1. The zero-order valence-corrected chi connectivity index (χ0v) is 24.3. The van der Waals surface area contributed by atoms with E-state index in [-0.39, 0.29) is 24.3 Å². The Morgan fingerprint density at radius 2 is 2.00 bits per heavy atom. The number of H-pyrrole nitrogens is 1. The van der Waals surface area contributed by atoms with Crippen molar-refractivity contribution in [3.05, 3.63) is 77.5 Å². The molecule has 0 spiro atoms. The lowest BCUT2D eigenvalue weighted by atomic mass is 9.79. The zero-order valence-electron chi connectivity index (χ0n) is 24.3. The fourth-order valence-electron chi connectivity index (χ4n) is 8.26. The third-order valence-electron chi connectivity index (χ3n) is 10.3. The Labute approximate surface area is 249 Å². The van der Waals surface area contributed by atoms with Crippen LogP contribution in [0, 0.1) is 5.92 Å². The standard InChI is InChI=1S/C33H35N5O5/c1-32(35-29(39)21-15-23-22-10-6-11-24-28(22)20(17-34-24)16-25(23)36(2)18-21)31(41)38-26(14-19-8-4-3-5-9-19)30(40)37-13-7-12-27(37)33(38,42)43-32/h3-6,8-11,15,17,21,25-27,34,42H,7,12-14,16,18H2,1-2H3,(H,35,39)/p+1/t21-,25-,26+,27+,32-,33?/m1/s1. The number of aromatic amines is 1. The van der Waals surface area contributed by atoms with E-state index < -0.39 is 35.5 Å². The summed E-state index contributed by atoms with van der Waals surface area (Å²) in [5.41, 5.74) is 3.68. The number of carbonyl (C=O) groups is 3. The Hall–Kier alpha value is -3.99. The van der Waals surface area contributed by atoms with Crippen LogP contribution in [0.3, 0.4) is 0 Å². The van der Waals surface area contributed by atoms with E-state index in [9.17, 15) is 19.5 Å². The van der Waals surface area contributed by atoms with Crippen LogP contribution in [-0.4, -0.2) is 87.5 Å². The highest BCUT2D eigenvalue weighted by Crippen LogP contribution is 2.46. The van der Waals surface area contributed by atoms with Crippen LogP contribution >= 0.6 is 0 Å². The van der Waals surface area contributed by atoms with Gasteiger partial charge in [0.15, 0.2) is 0 Å². The molecule has 1 aliphatic carbocycles. The summed E-state index contributed by atoms with van der Waals surface area (Å²) in [7, 11) is 2.10. The third kappa shape index (κ3) is 3.79. The van der Waals surface area contributed by atoms with Crippen LogP contribution in [0.2, 0.25) is 0 Å². The first-order chi connectivity index (χ1) is 20.7. The molecule has 5 aliphatic rings. The monoisotopic (exact) mass is 582 g/mol. The molecule has 0 radical (unpaired) electrons. The molecule has 10 nitrogen and oxygen atoms in total. The second kappa shape index (κ2) is 9.25. The van der Waals surface area contributed by atoms with Gasteiger partial charge in [0.05, 0.1) is 13.6 Å². The number of quaternary nitrogens is 1. The van der Waals surface area contributed by atoms with Crippen molar-refractivity contribution in [2.24, 2.45) is 5.92 Å². The number of nitrogens with zero attached hydrogens (tertiary/aromatic N) is 2. The molecule has 3 aromatic rings. The Morgan fingerprint density at radius 1 is 1.19 bits per heavy atom. The summed E-state index contributed by atoms with van der Waals surface area (Å²) in [6.07, 6.45) is 6.46. The predicted molar refractivity (Wildman–Crippen MR) is 157 cm³/mol. The minimum atomic E-state index is -2.04. The molecule has 7 atom stereocenters. The predicted octanol–water partition coefficient (Wildman–Crippen LogP) is 0.574. The summed E-state index contributed by atoms with van der Waals surface area (Å²) in [6.45, 7) is 2.54. The molecule has 3 fully saturated rings. The van der Waals surface area contributed by atoms with Crippen LogP contribution in [0.15, 0.2) is 60.8 Å². The van der Waals surface area contributed by atoms with E-state index in [2.05, 4.69) is 35.7 Å². The Balaban J connectivity index is 1.11. The lowest BCUT2D eigenvalue weighted by Gasteiger charge is -2.48. The Bertz CT molecular complexity index is 1700. The fraction of sp³-hybridized carbons (Fsp3) is 0.424. The van der Waals surface area contributed by atoms with Crippen LogP contribution in [0.25, 0.3) is 16.5 Å². The molecule has 222 valence electrons. The highest BCUT2D eigenvalue weighted by atomic mass is 16.7. The van der Waals surface area contributed by atoms with Crippen molar-refractivity contribution < 1.29 is 29.1 Å². The van der Waals surface area contributed by atoms with Crippen LogP contribution in [0.4, 0.5) is 0 Å². The summed E-state index contributed by atoms with van der Waals surface area (Å²) < 4.78 is 6.23. The van der Waals surface area contributed by atoms with E-state index >= 15 is 0 Å². The van der Waals surface area contributed by atoms with E-state index in [1.165, 1.54) is 27.7 Å². The Kier molecular flexibility index (Phi) is 5.73. The number of carbonyl (C=O) groups excluding carboxylic acids is 3. The molecule has 43 heavy (non-hydrogen) atoms. The number of hydrogen-bond donors (Lipinski definition) is 4. The molecule has 1 aromatic heterocycles. The number of fused-ring (bicyclic) bond motifs is 5. The van der Waals surface area contributed by atoms with Gasteiger partial charge in [-0.2, -0.15) is 0 Å². The average Bonchev–Trinajstić information content (AvgIpc) is 3.70. The summed E-state index contributed by atoms with van der Waals surface area (Å²) >= 11 is 0. The normalized spacial score (nSPS) is 34.6. The average molecular weight is 583 g/mol. The van der Waals surface area contributed by atoms with Gasteiger partial charge in [-0.25, -0.2) is 0 Å². The fourth-order valence-corrected chi connectivity index (χ4v) is 8.26. The van der Waals surface area contributed by atoms with Gasteiger partial charge >= 0.3 is 0 Å². The number of rotatable bonds is 4. The number of hydrogen-bond acceptors (Lipinski definition) is 5. The van der Waals surface area contributed by atoms with Gasteiger partial charge in [0.2, 0.25) is 17.5 Å². The number of piperazine rings is 1. The molecule has 3 amide bonds. The van der Waals surface area contributed by atoms with Gasteiger partial charge in [0, 0.05) is 42.1 Å². The number of benzene rings is 2. The van der Waals surface area contributed by atoms with Crippen LogP contribution in [0.5, 0.6) is 0 Å². The number of nitrogens with one attached hydrogen (secondary N) is 3. The molecule has 3 saturated heterocycles. The van der Waals surface area contributed by atoms with E-state index in [1.807, 2.05) is 42.5 Å². The molecule has 0 bridgehead atoms. The number of likely N-dealkylation sites (N-methyl/N-ethyl adjacent to an activating group) is 1. The van der Waals surface area contributed by atoms with Crippen molar-refractivity contribution in [1.82, 2.24) is 20.1 Å². The summed E-state index contributed by atoms with van der Waals surface area (Å²) in [5, 5.41) is 16.1. The molecule has 4 N–H and O–H groups in total. The number of amides is 3. The van der Waals surface area contributed by atoms with Crippen LogP contribution in [0.1, 0.15) is 36.5 Å². The maximum absolute atomic E-state index is 14.2. The van der Waals surface area contributed by atoms with Gasteiger partial charge in [0.1, 0.15) is 24.0 Å². The number of ether oxygens (including phenoxy) is 1. The SMILES string of the molecule is C[NH+]1C[C@H](C(=O)N[C@]2(C)OC3(O)[C@@H]4CCCN4C(=O)[C@H](Cc4ccccc4)N3C2=O)C=C2c3cccc4[nH]cc(c34)C[C@H]21. The second-order valence-electron chi connectivity index (χ2n) is 12.9. The van der Waals surface area contributed by atoms with Crippen molar-refractivity contribution >= 4 is 34.2 Å². The molecule has 10 heteroatoms. The van der Waals surface area contributed by atoms with Crippen molar-refractivity contribution in [3.8, 4) is 0 Å². The molecule has 4 aliphatic heterocycles. The van der Waals surface area contributed by atoms with Gasteiger partial charge in [-0.15, -0.1) is 0 Å². The van der Waals surface area contributed by atoms with Gasteiger partial charge in [-0.3, -0.25) is 24.0 Å². The summed E-state index contributed by atoms with van der Waals surface area (Å²) in [4.78, 5) is 49.3. The van der Waals surface area contributed by atoms with Gasteiger partial charge in [-0.1, -0.05) is 48.5 Å². The molecular formula is C33H36N5O5+. The highest BCUT2D eigenvalue weighted by molar-refractivity contribution is 6.00. The lowest BCUT2D eigenvalue weighted by molar-refractivity contribution is -0.900. The first kappa shape index (κ1) is 26.6. The van der Waals surface area contributed by atoms with E-state index in [4.69, 9.17) is 4.74 Å². The highest BCUT2D eigenvalue weighted by Gasteiger charge is 2.70. The quantitative estimate of drug-likeness (QED) is 0.359. The maximum Gasteiger partial charge on any atom is 0.280 e. The lowest BCUT2D eigenvalue weighted by Crippen LogP contribution is -3.15. The molecule has 2 unspecified atom stereocenters. The van der Waals surface area contributed by atoms with Gasteiger partial charge in [0.25, 0.3) is 11.8 Å². The molecular weight excluding hydrogens is 546 g/mol. The summed E-state index contributed by atoms with van der Waals surface area (Å²) in [5.74, 6) is -3.69. The van der Waals surface area contributed by atoms with Gasteiger partial charge in [-0.05, 0) is 42.5 Å². The first-order valence-corrected chi connectivity index (χ1v) is 15.2. The molecule has 5 heterocycles. The van der Waals surface area contributed by atoms with Crippen LogP contribution in [-0.2, 0) is 32.0 Å². The van der Waals surface area contributed by atoms with E-state index in [1.54, 1.807) is 4.90 Å². The summed E-state index contributed by atoms with van der Waals surface area (Å²) in [6, 6.07) is 14.2. The van der Waals surface area contributed by atoms with E-state index in [0.29, 0.717) is 25.9 Å². The minimum absolute atomic E-state index is 0.201. The largest absolute Gasteiger partial charge is 0.361 e. The maximum atomic E-state index is 14.2. The van der Waals surface area contributed by atoms with Crippen molar-refractivity contribution in [2.75, 3.05) is 20.1 Å². The zero-order chi connectivity index (χ0) is 29.7. The van der Waals surface area contributed by atoms with Crippen LogP contribution < -0.4 is 10.2 Å². The minimum Gasteiger partial charge on any atom is -0.361 e. The molecule has 8 rings (SSSR count). The Morgan fingerprint density at radius 3 is 2.81 bits per heavy atom. The first-order valence-electron chi connectivity index (χ1n) is 15.2.